The highest BCUT2D eigenvalue weighted by molar-refractivity contribution is 9.10. The summed E-state index contributed by atoms with van der Waals surface area (Å²) in [5.41, 5.74) is 4.63. The number of hydrogen-bond donors (Lipinski definition) is 1. The number of nitrogens with zero attached hydrogens (tertiary/aromatic N) is 2. The summed E-state index contributed by atoms with van der Waals surface area (Å²) in [6, 6.07) is 20.6. The lowest BCUT2D eigenvalue weighted by atomic mass is 10.1. The lowest BCUT2D eigenvalue weighted by molar-refractivity contribution is -0.116. The molecule has 2 aromatic heterocycles. The minimum Gasteiger partial charge on any atom is -0.462 e. The van der Waals surface area contributed by atoms with Crippen molar-refractivity contribution < 1.29 is 14.3 Å². The van der Waals surface area contributed by atoms with Gasteiger partial charge in [0, 0.05) is 28.3 Å². The molecular weight excluding hydrogens is 470 g/mol. The third-order valence-electron chi connectivity index (χ3n) is 4.99. The molecule has 7 heteroatoms. The number of aryl methyl sites for hydroxylation is 1. The molecule has 0 spiro atoms. The number of anilines is 1. The van der Waals surface area contributed by atoms with Crippen LogP contribution in [-0.4, -0.2) is 27.9 Å². The molecule has 0 aliphatic rings. The zero-order valence-corrected chi connectivity index (χ0v) is 19.1. The number of fused-ring (bicyclic) bond motifs is 1. The number of amides is 1. The number of aromatic nitrogens is 2. The van der Waals surface area contributed by atoms with E-state index in [0.29, 0.717) is 24.3 Å². The van der Waals surface area contributed by atoms with E-state index in [1.54, 1.807) is 31.2 Å². The number of ether oxygens (including phenoxy) is 1. The van der Waals surface area contributed by atoms with Gasteiger partial charge in [-0.05, 0) is 55.8 Å². The number of esters is 1. The van der Waals surface area contributed by atoms with Gasteiger partial charge in [-0.25, -0.2) is 9.78 Å². The van der Waals surface area contributed by atoms with Gasteiger partial charge in [0.2, 0.25) is 5.91 Å². The van der Waals surface area contributed by atoms with Crippen molar-refractivity contribution in [3.05, 3.63) is 88.7 Å². The van der Waals surface area contributed by atoms with Crippen molar-refractivity contribution in [1.29, 1.82) is 0 Å². The molecule has 4 rings (SSSR count). The van der Waals surface area contributed by atoms with Gasteiger partial charge >= 0.3 is 5.97 Å². The molecule has 1 amide bonds. The summed E-state index contributed by atoms with van der Waals surface area (Å²) in [7, 11) is 0. The summed E-state index contributed by atoms with van der Waals surface area (Å²) < 4.78 is 8.04. The van der Waals surface area contributed by atoms with Gasteiger partial charge < -0.3 is 14.5 Å². The van der Waals surface area contributed by atoms with Crippen LogP contribution in [0.5, 0.6) is 0 Å². The molecule has 0 saturated heterocycles. The van der Waals surface area contributed by atoms with Crippen LogP contribution >= 0.6 is 15.9 Å². The second-order valence-corrected chi connectivity index (χ2v) is 8.11. The van der Waals surface area contributed by atoms with Gasteiger partial charge in [0.1, 0.15) is 5.65 Å². The highest BCUT2D eigenvalue weighted by Gasteiger charge is 2.16. The molecule has 6 nitrogen and oxygen atoms in total. The van der Waals surface area contributed by atoms with E-state index in [0.717, 1.165) is 27.1 Å². The van der Waals surface area contributed by atoms with Crippen LogP contribution in [-0.2, 0) is 16.0 Å². The molecule has 0 aliphatic heterocycles. The second-order valence-electron chi connectivity index (χ2n) is 7.19. The first kappa shape index (κ1) is 21.8. The monoisotopic (exact) mass is 491 g/mol. The standard InChI is InChI=1S/C25H22BrN3O3/c1-2-32-25(31)18-6-5-7-20(16-18)27-23(30)14-13-21-24(17-9-11-19(26)12-10-17)28-22-8-3-4-15-29(21)22/h3-12,15-16H,2,13-14H2,1H3,(H,27,30). The van der Waals surface area contributed by atoms with Crippen LogP contribution in [0.1, 0.15) is 29.4 Å². The van der Waals surface area contributed by atoms with E-state index in [4.69, 9.17) is 9.72 Å². The Morgan fingerprint density at radius 1 is 1.06 bits per heavy atom. The number of carbonyl (C=O) groups is 2. The largest absolute Gasteiger partial charge is 0.462 e. The number of halogens is 1. The third kappa shape index (κ3) is 4.89. The fourth-order valence-electron chi connectivity index (χ4n) is 3.52. The van der Waals surface area contributed by atoms with E-state index in [-0.39, 0.29) is 12.3 Å². The average Bonchev–Trinajstić information content (AvgIpc) is 3.17. The summed E-state index contributed by atoms with van der Waals surface area (Å²) in [5.74, 6) is -0.549. The average molecular weight is 492 g/mol. The second kappa shape index (κ2) is 9.78. The summed E-state index contributed by atoms with van der Waals surface area (Å²) >= 11 is 3.47. The first-order valence-electron chi connectivity index (χ1n) is 10.3. The van der Waals surface area contributed by atoms with E-state index in [9.17, 15) is 9.59 Å². The molecule has 0 atom stereocenters. The van der Waals surface area contributed by atoms with Crippen LogP contribution in [0, 0.1) is 0 Å². The van der Waals surface area contributed by atoms with Crippen LogP contribution in [0.4, 0.5) is 5.69 Å². The maximum Gasteiger partial charge on any atom is 0.338 e. The lowest BCUT2D eigenvalue weighted by Crippen LogP contribution is -2.14. The predicted molar refractivity (Wildman–Crippen MR) is 128 cm³/mol. The minimum absolute atomic E-state index is 0.140. The Hall–Kier alpha value is -3.45. The van der Waals surface area contributed by atoms with Crippen LogP contribution < -0.4 is 5.32 Å². The van der Waals surface area contributed by atoms with Gasteiger partial charge in [-0.15, -0.1) is 0 Å². The number of imidazole rings is 1. The molecule has 2 heterocycles. The Labute approximate surface area is 194 Å². The van der Waals surface area contributed by atoms with E-state index in [1.165, 1.54) is 0 Å². The zero-order valence-electron chi connectivity index (χ0n) is 17.5. The topological polar surface area (TPSA) is 72.7 Å². The normalized spacial score (nSPS) is 10.8. The quantitative estimate of drug-likeness (QED) is 0.346. The first-order chi connectivity index (χ1) is 15.5. The third-order valence-corrected chi connectivity index (χ3v) is 5.52. The van der Waals surface area contributed by atoms with Crippen LogP contribution in [0.25, 0.3) is 16.9 Å². The van der Waals surface area contributed by atoms with E-state index in [2.05, 4.69) is 21.2 Å². The Morgan fingerprint density at radius 3 is 2.66 bits per heavy atom. The molecule has 0 radical (unpaired) electrons. The number of rotatable bonds is 7. The molecule has 2 aromatic carbocycles. The van der Waals surface area contributed by atoms with Crippen molar-refractivity contribution in [2.45, 2.75) is 19.8 Å². The van der Waals surface area contributed by atoms with Crippen LogP contribution in [0.15, 0.2) is 77.4 Å². The number of pyridine rings is 1. The summed E-state index contributed by atoms with van der Waals surface area (Å²) in [6.07, 6.45) is 2.75. The summed E-state index contributed by atoms with van der Waals surface area (Å²) in [6.45, 7) is 2.06. The van der Waals surface area contributed by atoms with Crippen molar-refractivity contribution in [2.75, 3.05) is 11.9 Å². The van der Waals surface area contributed by atoms with Crippen LogP contribution in [0.2, 0.25) is 0 Å². The number of benzene rings is 2. The summed E-state index contributed by atoms with van der Waals surface area (Å²) in [4.78, 5) is 29.4. The van der Waals surface area contributed by atoms with Crippen LogP contribution in [0.3, 0.4) is 0 Å². The van der Waals surface area contributed by atoms with Crippen molar-refractivity contribution in [1.82, 2.24) is 9.38 Å². The van der Waals surface area contributed by atoms with E-state index < -0.39 is 5.97 Å². The van der Waals surface area contributed by atoms with E-state index >= 15 is 0 Å². The van der Waals surface area contributed by atoms with Gasteiger partial charge in [-0.1, -0.05) is 40.2 Å². The van der Waals surface area contributed by atoms with Gasteiger partial charge in [-0.2, -0.15) is 0 Å². The number of carbonyl (C=O) groups excluding carboxylic acids is 2. The Balaban J connectivity index is 1.52. The molecule has 0 saturated carbocycles. The molecule has 162 valence electrons. The zero-order chi connectivity index (χ0) is 22.5. The molecule has 0 unspecified atom stereocenters. The molecule has 0 fully saturated rings. The first-order valence-corrected chi connectivity index (χ1v) is 11.1. The van der Waals surface area contributed by atoms with Crippen molar-refractivity contribution in [3.8, 4) is 11.3 Å². The van der Waals surface area contributed by atoms with Crippen molar-refractivity contribution in [2.24, 2.45) is 0 Å². The Kier molecular flexibility index (Phi) is 6.66. The molecule has 0 bridgehead atoms. The van der Waals surface area contributed by atoms with Crippen molar-refractivity contribution in [3.63, 3.8) is 0 Å². The van der Waals surface area contributed by atoms with Gasteiger partial charge in [0.05, 0.1) is 23.6 Å². The Bertz CT molecular complexity index is 1270. The van der Waals surface area contributed by atoms with Crippen molar-refractivity contribution >= 4 is 39.1 Å². The fraction of sp³-hybridized carbons (Fsp3) is 0.160. The molecule has 4 aromatic rings. The highest BCUT2D eigenvalue weighted by Crippen LogP contribution is 2.27. The summed E-state index contributed by atoms with van der Waals surface area (Å²) in [5, 5.41) is 2.87. The lowest BCUT2D eigenvalue weighted by Gasteiger charge is -2.09. The molecule has 1 N–H and O–H groups in total. The minimum atomic E-state index is -0.409. The molecule has 32 heavy (non-hydrogen) atoms. The number of hydrogen-bond acceptors (Lipinski definition) is 4. The van der Waals surface area contributed by atoms with Gasteiger partial charge in [0.25, 0.3) is 0 Å². The smallest absolute Gasteiger partial charge is 0.338 e. The highest BCUT2D eigenvalue weighted by atomic mass is 79.9. The maximum absolute atomic E-state index is 12.7. The fourth-order valence-corrected chi connectivity index (χ4v) is 3.78. The van der Waals surface area contributed by atoms with Gasteiger partial charge in [-0.3, -0.25) is 4.79 Å². The Morgan fingerprint density at radius 2 is 1.88 bits per heavy atom. The SMILES string of the molecule is CCOC(=O)c1cccc(NC(=O)CCc2c(-c3ccc(Br)cc3)nc3ccccn23)c1. The molecular formula is C25H22BrN3O3. The van der Waals surface area contributed by atoms with E-state index in [1.807, 2.05) is 53.1 Å². The number of nitrogens with one attached hydrogen (secondary N) is 1. The predicted octanol–water partition coefficient (Wildman–Crippen LogP) is 5.51. The maximum atomic E-state index is 12.7. The van der Waals surface area contributed by atoms with Gasteiger partial charge in [0.15, 0.2) is 0 Å². The molecule has 0 aliphatic carbocycles.